The average Bonchev–Trinajstić information content (AvgIpc) is 3.35. The van der Waals surface area contributed by atoms with Crippen LogP contribution in [0.1, 0.15) is 105 Å². The summed E-state index contributed by atoms with van der Waals surface area (Å²) in [6, 6.07) is 0. The maximum Gasteiger partial charge on any atom is 0.392 e. The number of aliphatic hydroxyl groups is 1. The molecule has 5 rings (SSSR count). The Morgan fingerprint density at radius 3 is 2.54 bits per heavy atom. The fraction of sp³-hybridized carbons (Fsp3) is 0.966. The molecule has 0 aromatic rings. The number of nitrogens with zero attached hydrogens (tertiary/aromatic N) is 1. The van der Waals surface area contributed by atoms with Gasteiger partial charge in [0.25, 0.3) is 0 Å². The standard InChI is InChI=1S/C29H46F3NO2/c1-18(5-8-25-33-17-20(35-25)16-29(30,31)32)22-6-7-23-21-10-12-26(2)15-19(34)9-14-28(26,4)24(21)11-13-27(22,23)3/h18-24,34H,5-17H2,1-4H3/t18-,19-,20?,21+,22-,23+,24+,26-,27-,28-/m1/s1. The molecule has 200 valence electrons. The first kappa shape index (κ1) is 25.9. The quantitative estimate of drug-likeness (QED) is 0.426. The smallest absolute Gasteiger partial charge is 0.392 e. The minimum Gasteiger partial charge on any atom is -0.475 e. The summed E-state index contributed by atoms with van der Waals surface area (Å²) in [5.41, 5.74) is 0.998. The van der Waals surface area contributed by atoms with E-state index in [2.05, 4.69) is 32.7 Å². The molecule has 6 heteroatoms. The van der Waals surface area contributed by atoms with Crippen molar-refractivity contribution in [3.63, 3.8) is 0 Å². The predicted octanol–water partition coefficient (Wildman–Crippen LogP) is 7.56. The minimum atomic E-state index is -4.19. The minimum absolute atomic E-state index is 0.118. The van der Waals surface area contributed by atoms with Crippen molar-refractivity contribution >= 4 is 5.90 Å². The Morgan fingerprint density at radius 1 is 1.03 bits per heavy atom. The molecule has 0 radical (unpaired) electrons. The average molecular weight is 498 g/mol. The van der Waals surface area contributed by atoms with E-state index in [0.717, 1.165) is 37.0 Å². The maximum atomic E-state index is 12.7. The number of hydrogen-bond acceptors (Lipinski definition) is 3. The van der Waals surface area contributed by atoms with Crippen LogP contribution in [0.3, 0.4) is 0 Å². The summed E-state index contributed by atoms with van der Waals surface area (Å²) in [6.45, 7) is 10.1. The van der Waals surface area contributed by atoms with E-state index in [1.807, 2.05) is 0 Å². The lowest BCUT2D eigenvalue weighted by Crippen LogP contribution is -2.58. The molecule has 35 heavy (non-hydrogen) atoms. The lowest BCUT2D eigenvalue weighted by molar-refractivity contribution is -0.171. The molecule has 5 aliphatic rings. The second kappa shape index (κ2) is 8.91. The summed E-state index contributed by atoms with van der Waals surface area (Å²) >= 11 is 0. The number of aliphatic hydroxyl groups excluding tert-OH is 1. The Morgan fingerprint density at radius 2 is 1.80 bits per heavy atom. The molecular formula is C29H46F3NO2. The predicted molar refractivity (Wildman–Crippen MR) is 132 cm³/mol. The van der Waals surface area contributed by atoms with Crippen LogP contribution in [0.2, 0.25) is 0 Å². The second-order valence-electron chi connectivity index (χ2n) is 13.8. The largest absolute Gasteiger partial charge is 0.475 e. The van der Waals surface area contributed by atoms with Crippen LogP contribution in [0.25, 0.3) is 0 Å². The molecule has 1 heterocycles. The molecule has 0 saturated heterocycles. The topological polar surface area (TPSA) is 41.8 Å². The van der Waals surface area contributed by atoms with E-state index in [4.69, 9.17) is 4.74 Å². The number of ether oxygens (including phenoxy) is 1. The van der Waals surface area contributed by atoms with Gasteiger partial charge in [0, 0.05) is 6.42 Å². The maximum absolute atomic E-state index is 12.7. The van der Waals surface area contributed by atoms with Crippen molar-refractivity contribution in [2.24, 2.45) is 50.8 Å². The van der Waals surface area contributed by atoms with Gasteiger partial charge in [-0.3, -0.25) is 4.99 Å². The summed E-state index contributed by atoms with van der Waals surface area (Å²) < 4.78 is 43.6. The summed E-state index contributed by atoms with van der Waals surface area (Å²) in [6.07, 6.45) is 6.47. The number of fused-ring (bicyclic) bond motifs is 5. The Bertz CT molecular complexity index is 829. The highest BCUT2D eigenvalue weighted by molar-refractivity contribution is 5.77. The molecule has 0 bridgehead atoms. The molecule has 4 saturated carbocycles. The van der Waals surface area contributed by atoms with Crippen LogP contribution in [-0.4, -0.2) is 35.9 Å². The summed E-state index contributed by atoms with van der Waals surface area (Å²) in [5, 5.41) is 10.4. The second-order valence-corrected chi connectivity index (χ2v) is 13.8. The van der Waals surface area contributed by atoms with E-state index in [1.54, 1.807) is 0 Å². The van der Waals surface area contributed by atoms with Gasteiger partial charge in [0.1, 0.15) is 6.10 Å². The van der Waals surface area contributed by atoms with Crippen LogP contribution < -0.4 is 0 Å². The van der Waals surface area contributed by atoms with Crippen LogP contribution >= 0.6 is 0 Å². The van der Waals surface area contributed by atoms with Crippen molar-refractivity contribution in [1.29, 1.82) is 0 Å². The molecule has 10 atom stereocenters. The zero-order chi connectivity index (χ0) is 25.2. The van der Waals surface area contributed by atoms with Gasteiger partial charge in [-0.05, 0) is 110 Å². The third-order valence-electron chi connectivity index (χ3n) is 12.2. The molecule has 1 unspecified atom stereocenters. The van der Waals surface area contributed by atoms with Gasteiger partial charge in [-0.15, -0.1) is 0 Å². The SMILES string of the molecule is C[C@H](CCC1=NCC(CC(F)(F)F)O1)[C@H]1CC[C@H]2[C@@H]3CC[C@]4(C)C[C@H](O)CC[C@]4(C)[C@H]3CC[C@]12C. The van der Waals surface area contributed by atoms with Gasteiger partial charge in [-0.1, -0.05) is 27.7 Å². The van der Waals surface area contributed by atoms with Crippen molar-refractivity contribution in [3.8, 4) is 0 Å². The van der Waals surface area contributed by atoms with Crippen molar-refractivity contribution in [1.82, 2.24) is 0 Å². The van der Waals surface area contributed by atoms with Crippen LogP contribution in [0.15, 0.2) is 4.99 Å². The molecular weight excluding hydrogens is 451 g/mol. The third-order valence-corrected chi connectivity index (χ3v) is 12.2. The van der Waals surface area contributed by atoms with Gasteiger partial charge in [0.2, 0.25) is 0 Å². The Labute approximate surface area is 209 Å². The molecule has 4 aliphatic carbocycles. The molecule has 0 spiro atoms. The lowest BCUT2D eigenvalue weighted by Gasteiger charge is -2.65. The highest BCUT2D eigenvalue weighted by atomic mass is 19.4. The van der Waals surface area contributed by atoms with E-state index in [9.17, 15) is 18.3 Å². The Balaban J connectivity index is 1.21. The summed E-state index contributed by atoms with van der Waals surface area (Å²) in [4.78, 5) is 4.29. The molecule has 3 nitrogen and oxygen atoms in total. The van der Waals surface area contributed by atoms with Crippen molar-refractivity contribution in [3.05, 3.63) is 0 Å². The van der Waals surface area contributed by atoms with Gasteiger partial charge in [0.05, 0.1) is 19.1 Å². The number of alkyl halides is 3. The van der Waals surface area contributed by atoms with E-state index < -0.39 is 18.7 Å². The van der Waals surface area contributed by atoms with Gasteiger partial charge in [-0.25, -0.2) is 0 Å². The zero-order valence-electron chi connectivity index (χ0n) is 22.2. The van der Waals surface area contributed by atoms with Crippen LogP contribution in [0.4, 0.5) is 13.2 Å². The van der Waals surface area contributed by atoms with E-state index in [0.29, 0.717) is 35.0 Å². The number of rotatable bonds is 5. The van der Waals surface area contributed by atoms with Crippen molar-refractivity contribution < 1.29 is 23.0 Å². The first-order valence-corrected chi connectivity index (χ1v) is 14.3. The summed E-state index contributed by atoms with van der Waals surface area (Å²) in [7, 11) is 0. The van der Waals surface area contributed by atoms with Gasteiger partial charge < -0.3 is 9.84 Å². The molecule has 0 aromatic carbocycles. The van der Waals surface area contributed by atoms with Gasteiger partial charge in [0.15, 0.2) is 5.90 Å². The fourth-order valence-electron chi connectivity index (χ4n) is 10.1. The monoisotopic (exact) mass is 497 g/mol. The number of aliphatic imine (C=N–C) groups is 1. The Hall–Kier alpha value is -0.780. The van der Waals surface area contributed by atoms with E-state index >= 15 is 0 Å². The Kier molecular flexibility index (Phi) is 6.58. The zero-order valence-corrected chi connectivity index (χ0v) is 22.2. The number of hydrogen-bond donors (Lipinski definition) is 1. The fourth-order valence-corrected chi connectivity index (χ4v) is 10.1. The molecule has 0 amide bonds. The highest BCUT2D eigenvalue weighted by Crippen LogP contribution is 2.71. The third kappa shape index (κ3) is 4.46. The molecule has 4 fully saturated rings. The summed E-state index contributed by atoms with van der Waals surface area (Å²) in [5.74, 6) is 4.13. The van der Waals surface area contributed by atoms with E-state index in [-0.39, 0.29) is 18.1 Å². The molecule has 1 N–H and O–H groups in total. The van der Waals surface area contributed by atoms with Crippen LogP contribution in [0.5, 0.6) is 0 Å². The lowest BCUT2D eigenvalue weighted by atomic mass is 9.40. The van der Waals surface area contributed by atoms with Crippen LogP contribution in [-0.2, 0) is 4.74 Å². The first-order valence-electron chi connectivity index (χ1n) is 14.3. The number of halogens is 3. The van der Waals surface area contributed by atoms with Crippen LogP contribution in [0, 0.1) is 45.8 Å². The normalized spacial score (nSPS) is 48.4. The molecule has 0 aromatic heterocycles. The highest BCUT2D eigenvalue weighted by Gasteiger charge is 2.63. The molecule has 1 aliphatic heterocycles. The van der Waals surface area contributed by atoms with E-state index in [1.165, 1.54) is 44.9 Å². The van der Waals surface area contributed by atoms with Gasteiger partial charge in [-0.2, -0.15) is 13.2 Å². The van der Waals surface area contributed by atoms with Crippen molar-refractivity contribution in [2.45, 2.75) is 123 Å². The van der Waals surface area contributed by atoms with Gasteiger partial charge >= 0.3 is 6.18 Å². The van der Waals surface area contributed by atoms with Crippen molar-refractivity contribution in [2.75, 3.05) is 6.54 Å². The first-order chi connectivity index (χ1) is 16.3.